The number of nitrogens with one attached hydrogen (secondary N) is 1. The summed E-state index contributed by atoms with van der Waals surface area (Å²) in [7, 11) is 0. The molecule has 3 rings (SSSR count). The molecule has 1 aliphatic rings. The van der Waals surface area contributed by atoms with Crippen LogP contribution in [0.15, 0.2) is 48.5 Å². The molecular weight excluding hydrogens is 335 g/mol. The largest absolute Gasteiger partial charge is 0.484 e. The molecule has 6 heteroatoms. The van der Waals surface area contributed by atoms with Crippen molar-refractivity contribution in [2.75, 3.05) is 25.0 Å². The Bertz CT molecular complexity index is 754. The van der Waals surface area contributed by atoms with Gasteiger partial charge >= 0.3 is 0 Å². The van der Waals surface area contributed by atoms with Gasteiger partial charge in [0, 0.05) is 18.8 Å². The number of carbonyl (C=O) groups excluding carboxylic acids is 2. The van der Waals surface area contributed by atoms with E-state index in [1.165, 1.54) is 24.3 Å². The third-order valence-corrected chi connectivity index (χ3v) is 4.24. The average molecular weight is 356 g/mol. The molecule has 1 N–H and O–H groups in total. The average Bonchev–Trinajstić information content (AvgIpc) is 3.18. The smallest absolute Gasteiger partial charge is 0.262 e. The second-order valence-corrected chi connectivity index (χ2v) is 6.25. The van der Waals surface area contributed by atoms with E-state index in [2.05, 4.69) is 5.32 Å². The fourth-order valence-electron chi connectivity index (χ4n) is 2.84. The van der Waals surface area contributed by atoms with Gasteiger partial charge in [-0.15, -0.1) is 0 Å². The van der Waals surface area contributed by atoms with Gasteiger partial charge in [-0.2, -0.15) is 0 Å². The zero-order valence-electron chi connectivity index (χ0n) is 14.4. The molecular formula is C20H21FN2O3. The molecule has 0 aromatic heterocycles. The van der Waals surface area contributed by atoms with E-state index in [4.69, 9.17) is 4.74 Å². The fourth-order valence-corrected chi connectivity index (χ4v) is 2.84. The van der Waals surface area contributed by atoms with Crippen molar-refractivity contribution in [2.45, 2.75) is 19.3 Å². The first kappa shape index (κ1) is 17.9. The second-order valence-electron chi connectivity index (χ2n) is 6.25. The summed E-state index contributed by atoms with van der Waals surface area (Å²) >= 11 is 0. The van der Waals surface area contributed by atoms with Gasteiger partial charge in [0.05, 0.1) is 6.42 Å². The molecule has 5 nitrogen and oxygen atoms in total. The highest BCUT2D eigenvalue weighted by molar-refractivity contribution is 5.92. The van der Waals surface area contributed by atoms with Crippen molar-refractivity contribution in [3.8, 4) is 5.75 Å². The zero-order valence-corrected chi connectivity index (χ0v) is 14.4. The highest BCUT2D eigenvalue weighted by Gasteiger charge is 2.17. The van der Waals surface area contributed by atoms with E-state index in [9.17, 15) is 14.0 Å². The van der Waals surface area contributed by atoms with Crippen LogP contribution in [0.4, 0.5) is 10.1 Å². The monoisotopic (exact) mass is 356 g/mol. The lowest BCUT2D eigenvalue weighted by Gasteiger charge is -2.15. The molecule has 0 saturated carbocycles. The van der Waals surface area contributed by atoms with Gasteiger partial charge in [0.15, 0.2) is 6.61 Å². The van der Waals surface area contributed by atoms with Crippen molar-refractivity contribution < 1.29 is 18.7 Å². The Kier molecular flexibility index (Phi) is 5.84. The number of carbonyl (C=O) groups is 2. The Morgan fingerprint density at radius 1 is 1.00 bits per heavy atom. The number of ether oxygens (including phenoxy) is 1. The molecule has 2 aromatic carbocycles. The molecule has 136 valence electrons. The molecule has 0 radical (unpaired) electrons. The molecule has 2 amide bonds. The highest BCUT2D eigenvalue weighted by Crippen LogP contribution is 2.14. The van der Waals surface area contributed by atoms with Crippen LogP contribution in [-0.2, 0) is 16.0 Å². The lowest BCUT2D eigenvalue weighted by Crippen LogP contribution is -2.29. The first-order chi connectivity index (χ1) is 12.6. The van der Waals surface area contributed by atoms with Crippen LogP contribution in [0.5, 0.6) is 5.75 Å². The number of hydrogen-bond acceptors (Lipinski definition) is 3. The van der Waals surface area contributed by atoms with Gasteiger partial charge in [-0.1, -0.05) is 12.1 Å². The third-order valence-electron chi connectivity index (χ3n) is 4.24. The quantitative estimate of drug-likeness (QED) is 0.866. The third kappa shape index (κ3) is 5.05. The summed E-state index contributed by atoms with van der Waals surface area (Å²) in [6.07, 6.45) is 2.54. The highest BCUT2D eigenvalue weighted by atomic mass is 19.1. The Morgan fingerprint density at radius 3 is 2.31 bits per heavy atom. The predicted molar refractivity (Wildman–Crippen MR) is 96.5 cm³/mol. The summed E-state index contributed by atoms with van der Waals surface area (Å²) < 4.78 is 18.1. The molecule has 1 heterocycles. The summed E-state index contributed by atoms with van der Waals surface area (Å²) in [5.41, 5.74) is 1.55. The van der Waals surface area contributed by atoms with Crippen LogP contribution >= 0.6 is 0 Å². The standard InChI is InChI=1S/C20H21FN2O3/c21-16-5-9-18(10-6-16)26-14-19(24)22-17-7-3-15(4-8-17)13-20(25)23-11-1-2-12-23/h3-10H,1-2,11-14H2,(H,22,24). The first-order valence-corrected chi connectivity index (χ1v) is 8.65. The minimum Gasteiger partial charge on any atom is -0.484 e. The van der Waals surface area contributed by atoms with Crippen LogP contribution in [0.3, 0.4) is 0 Å². The summed E-state index contributed by atoms with van der Waals surface area (Å²) in [5, 5.41) is 2.73. The molecule has 0 aliphatic carbocycles. The van der Waals surface area contributed by atoms with Crippen molar-refractivity contribution in [1.29, 1.82) is 0 Å². The lowest BCUT2D eigenvalue weighted by atomic mass is 10.1. The van der Waals surface area contributed by atoms with Gasteiger partial charge in [0.1, 0.15) is 11.6 Å². The molecule has 2 aromatic rings. The van der Waals surface area contributed by atoms with Crippen molar-refractivity contribution in [3.63, 3.8) is 0 Å². The molecule has 0 atom stereocenters. The number of rotatable bonds is 6. The maximum absolute atomic E-state index is 12.8. The normalized spacial score (nSPS) is 13.5. The Labute approximate surface area is 151 Å². The van der Waals surface area contributed by atoms with Crippen molar-refractivity contribution >= 4 is 17.5 Å². The van der Waals surface area contributed by atoms with Gasteiger partial charge < -0.3 is 15.0 Å². The summed E-state index contributed by atoms with van der Waals surface area (Å²) in [6.45, 7) is 1.53. The van der Waals surface area contributed by atoms with Gasteiger partial charge in [0.25, 0.3) is 5.91 Å². The van der Waals surface area contributed by atoms with Gasteiger partial charge in [-0.05, 0) is 54.8 Å². The van der Waals surface area contributed by atoms with Crippen LogP contribution in [0.1, 0.15) is 18.4 Å². The number of likely N-dealkylation sites (tertiary alicyclic amines) is 1. The van der Waals surface area contributed by atoms with E-state index >= 15 is 0 Å². The molecule has 26 heavy (non-hydrogen) atoms. The van der Waals surface area contributed by atoms with E-state index < -0.39 is 0 Å². The molecule has 1 saturated heterocycles. The van der Waals surface area contributed by atoms with Gasteiger partial charge in [-0.3, -0.25) is 9.59 Å². The summed E-state index contributed by atoms with van der Waals surface area (Å²) in [5.74, 6) is -0.0929. The van der Waals surface area contributed by atoms with Crippen LogP contribution in [-0.4, -0.2) is 36.4 Å². The molecule has 0 unspecified atom stereocenters. The van der Waals surface area contributed by atoms with Gasteiger partial charge in [0.2, 0.25) is 5.91 Å². The number of amides is 2. The Morgan fingerprint density at radius 2 is 1.65 bits per heavy atom. The van der Waals surface area contributed by atoms with Crippen LogP contribution in [0.25, 0.3) is 0 Å². The number of nitrogens with zero attached hydrogens (tertiary/aromatic N) is 1. The van der Waals surface area contributed by atoms with E-state index in [0.29, 0.717) is 17.9 Å². The first-order valence-electron chi connectivity index (χ1n) is 8.65. The SMILES string of the molecule is O=C(COc1ccc(F)cc1)Nc1ccc(CC(=O)N2CCCC2)cc1. The fraction of sp³-hybridized carbons (Fsp3) is 0.300. The molecule has 1 aliphatic heterocycles. The van der Waals surface area contributed by atoms with Crippen molar-refractivity contribution in [1.82, 2.24) is 4.90 Å². The van der Waals surface area contributed by atoms with E-state index in [0.717, 1.165) is 31.5 Å². The van der Waals surface area contributed by atoms with Crippen LogP contribution < -0.4 is 10.1 Å². The maximum atomic E-state index is 12.8. The van der Waals surface area contributed by atoms with Crippen LogP contribution in [0.2, 0.25) is 0 Å². The molecule has 0 bridgehead atoms. The maximum Gasteiger partial charge on any atom is 0.262 e. The Balaban J connectivity index is 1.46. The molecule has 1 fully saturated rings. The van der Waals surface area contributed by atoms with Crippen LogP contribution in [0, 0.1) is 5.82 Å². The number of hydrogen-bond donors (Lipinski definition) is 1. The van der Waals surface area contributed by atoms with E-state index in [-0.39, 0.29) is 24.2 Å². The summed E-state index contributed by atoms with van der Waals surface area (Å²) in [4.78, 5) is 25.9. The summed E-state index contributed by atoms with van der Waals surface area (Å²) in [6, 6.07) is 12.7. The van der Waals surface area contributed by atoms with Crippen molar-refractivity contribution in [3.05, 3.63) is 59.9 Å². The van der Waals surface area contributed by atoms with Gasteiger partial charge in [-0.25, -0.2) is 4.39 Å². The van der Waals surface area contributed by atoms with E-state index in [1.807, 2.05) is 17.0 Å². The number of benzene rings is 2. The minimum absolute atomic E-state index is 0.145. The Hall–Kier alpha value is -2.89. The topological polar surface area (TPSA) is 58.6 Å². The minimum atomic E-state index is -0.356. The predicted octanol–water partition coefficient (Wildman–Crippen LogP) is 3.01. The number of halogens is 1. The lowest BCUT2D eigenvalue weighted by molar-refractivity contribution is -0.129. The zero-order chi connectivity index (χ0) is 18.4. The van der Waals surface area contributed by atoms with E-state index in [1.54, 1.807) is 12.1 Å². The molecule has 0 spiro atoms. The second kappa shape index (κ2) is 8.47. The van der Waals surface area contributed by atoms with Crippen molar-refractivity contribution in [2.24, 2.45) is 0 Å². The number of anilines is 1.